The van der Waals surface area contributed by atoms with E-state index in [9.17, 15) is 8.78 Å². The summed E-state index contributed by atoms with van der Waals surface area (Å²) in [6, 6.07) is 0. The van der Waals surface area contributed by atoms with Gasteiger partial charge in [0.1, 0.15) is 13.3 Å². The standard InChI is InChI=1S/C6H14F2O4Si/c1-9-13(10-2,11-5-3-7)12-6-4-8/h3-6H2,1-2H3. The number of halogens is 2. The third-order valence-electron chi connectivity index (χ3n) is 1.21. The lowest BCUT2D eigenvalue weighted by Crippen LogP contribution is -2.48. The predicted molar refractivity (Wildman–Crippen MR) is 43.6 cm³/mol. The minimum absolute atomic E-state index is 0.180. The lowest BCUT2D eigenvalue weighted by Gasteiger charge is -2.23. The highest BCUT2D eigenvalue weighted by Crippen LogP contribution is 2.08. The molecule has 0 rings (SSSR count). The lowest BCUT2D eigenvalue weighted by molar-refractivity contribution is -0.0139. The molecule has 0 amide bonds. The average Bonchev–Trinajstić information content (AvgIpc) is 2.20. The van der Waals surface area contributed by atoms with Crippen LogP contribution in [0.3, 0.4) is 0 Å². The molecule has 0 bridgehead atoms. The molecule has 0 atom stereocenters. The normalized spacial score (nSPS) is 12.0. The second-order valence-electron chi connectivity index (χ2n) is 1.98. The molecule has 13 heavy (non-hydrogen) atoms. The first-order valence-electron chi connectivity index (χ1n) is 3.74. The molecule has 0 unspecified atom stereocenters. The van der Waals surface area contributed by atoms with Crippen LogP contribution in [0.25, 0.3) is 0 Å². The molecule has 0 saturated heterocycles. The molecule has 0 aliphatic carbocycles. The zero-order valence-corrected chi connectivity index (χ0v) is 8.72. The third kappa shape index (κ3) is 4.63. The molecular formula is C6H14F2O4Si. The van der Waals surface area contributed by atoms with Gasteiger partial charge in [-0.25, -0.2) is 8.78 Å². The van der Waals surface area contributed by atoms with Crippen molar-refractivity contribution in [3.8, 4) is 0 Å². The Balaban J connectivity index is 3.97. The Hall–Kier alpha value is -0.0831. The maximum absolute atomic E-state index is 11.8. The maximum Gasteiger partial charge on any atom is 0.679 e. The number of hydrogen-bond donors (Lipinski definition) is 0. The largest absolute Gasteiger partial charge is 0.679 e. The summed E-state index contributed by atoms with van der Waals surface area (Å²) in [5, 5.41) is 0. The molecule has 0 heterocycles. The topological polar surface area (TPSA) is 36.9 Å². The Bertz CT molecular complexity index is 113. The first-order chi connectivity index (χ1) is 6.24. The average molecular weight is 216 g/mol. The van der Waals surface area contributed by atoms with Crippen molar-refractivity contribution in [3.63, 3.8) is 0 Å². The molecule has 0 fully saturated rings. The van der Waals surface area contributed by atoms with Crippen LogP contribution in [0.2, 0.25) is 0 Å². The fourth-order valence-corrected chi connectivity index (χ4v) is 2.06. The van der Waals surface area contributed by atoms with Crippen LogP contribution in [0.1, 0.15) is 0 Å². The molecule has 0 aromatic carbocycles. The van der Waals surface area contributed by atoms with Gasteiger partial charge in [0.2, 0.25) is 0 Å². The summed E-state index contributed by atoms with van der Waals surface area (Å²) in [5.74, 6) is 0. The van der Waals surface area contributed by atoms with Crippen molar-refractivity contribution >= 4 is 9.05 Å². The van der Waals surface area contributed by atoms with Crippen LogP contribution in [0.4, 0.5) is 8.78 Å². The molecule has 0 aliphatic rings. The van der Waals surface area contributed by atoms with Crippen molar-refractivity contribution in [1.29, 1.82) is 0 Å². The molecule has 0 aromatic heterocycles. The van der Waals surface area contributed by atoms with Gasteiger partial charge in [0.05, 0.1) is 13.2 Å². The van der Waals surface area contributed by atoms with E-state index in [2.05, 4.69) is 0 Å². The van der Waals surface area contributed by atoms with Crippen LogP contribution in [0, 0.1) is 0 Å². The lowest BCUT2D eigenvalue weighted by atomic mass is 10.8. The molecular weight excluding hydrogens is 202 g/mol. The summed E-state index contributed by atoms with van der Waals surface area (Å²) in [7, 11) is -0.642. The van der Waals surface area contributed by atoms with Crippen molar-refractivity contribution in [2.24, 2.45) is 0 Å². The van der Waals surface area contributed by atoms with E-state index in [-0.39, 0.29) is 13.2 Å². The first kappa shape index (κ1) is 12.9. The molecule has 0 N–H and O–H groups in total. The fraction of sp³-hybridized carbons (Fsp3) is 1.00. The minimum atomic E-state index is -3.27. The minimum Gasteiger partial charge on any atom is -0.355 e. The van der Waals surface area contributed by atoms with Gasteiger partial charge in [0, 0.05) is 14.2 Å². The number of alkyl halides is 2. The Morgan fingerprint density at radius 3 is 1.54 bits per heavy atom. The van der Waals surface area contributed by atoms with Gasteiger partial charge >= 0.3 is 9.05 Å². The number of rotatable bonds is 8. The summed E-state index contributed by atoms with van der Waals surface area (Å²) in [6.07, 6.45) is 0. The predicted octanol–water partition coefficient (Wildman–Crippen LogP) is 0.687. The highest BCUT2D eigenvalue weighted by atomic mass is 28.4. The van der Waals surface area contributed by atoms with Crippen molar-refractivity contribution in [2.75, 3.05) is 40.8 Å². The zero-order chi connectivity index (χ0) is 10.2. The van der Waals surface area contributed by atoms with Gasteiger partial charge in [0.15, 0.2) is 0 Å². The Kier molecular flexibility index (Phi) is 7.29. The maximum atomic E-state index is 11.8. The summed E-state index contributed by atoms with van der Waals surface area (Å²) in [6.45, 7) is -1.69. The monoisotopic (exact) mass is 216 g/mol. The highest BCUT2D eigenvalue weighted by molar-refractivity contribution is 6.53. The highest BCUT2D eigenvalue weighted by Gasteiger charge is 2.43. The van der Waals surface area contributed by atoms with Crippen molar-refractivity contribution in [1.82, 2.24) is 0 Å². The Labute approximate surface area is 77.2 Å². The Morgan fingerprint density at radius 1 is 0.923 bits per heavy atom. The van der Waals surface area contributed by atoms with Crippen LogP contribution < -0.4 is 0 Å². The van der Waals surface area contributed by atoms with E-state index in [0.29, 0.717) is 0 Å². The van der Waals surface area contributed by atoms with Crippen LogP contribution in [0.5, 0.6) is 0 Å². The van der Waals surface area contributed by atoms with E-state index in [0.717, 1.165) is 0 Å². The molecule has 0 aromatic rings. The summed E-state index contributed by atoms with van der Waals surface area (Å²) >= 11 is 0. The van der Waals surface area contributed by atoms with Crippen LogP contribution in [0.15, 0.2) is 0 Å². The van der Waals surface area contributed by atoms with Gasteiger partial charge in [-0.1, -0.05) is 0 Å². The quantitative estimate of drug-likeness (QED) is 0.559. The van der Waals surface area contributed by atoms with Crippen molar-refractivity contribution < 1.29 is 26.5 Å². The summed E-state index contributed by atoms with van der Waals surface area (Å²) in [5.41, 5.74) is 0. The fourth-order valence-electron chi connectivity index (χ4n) is 0.688. The van der Waals surface area contributed by atoms with Gasteiger partial charge in [-0.3, -0.25) is 0 Å². The zero-order valence-electron chi connectivity index (χ0n) is 7.72. The molecule has 0 radical (unpaired) electrons. The molecule has 4 nitrogen and oxygen atoms in total. The van der Waals surface area contributed by atoms with Gasteiger partial charge in [-0.05, 0) is 0 Å². The second kappa shape index (κ2) is 7.33. The smallest absolute Gasteiger partial charge is 0.355 e. The van der Waals surface area contributed by atoms with E-state index >= 15 is 0 Å². The number of hydrogen-bond acceptors (Lipinski definition) is 4. The molecule has 80 valence electrons. The van der Waals surface area contributed by atoms with Crippen LogP contribution >= 0.6 is 0 Å². The first-order valence-corrected chi connectivity index (χ1v) is 5.38. The van der Waals surface area contributed by atoms with Gasteiger partial charge < -0.3 is 17.7 Å². The van der Waals surface area contributed by atoms with Crippen LogP contribution in [-0.4, -0.2) is 49.8 Å². The van der Waals surface area contributed by atoms with Gasteiger partial charge in [0.25, 0.3) is 0 Å². The van der Waals surface area contributed by atoms with Crippen molar-refractivity contribution in [3.05, 3.63) is 0 Å². The van der Waals surface area contributed by atoms with E-state index in [1.54, 1.807) is 0 Å². The SMILES string of the molecule is CO[Si](OC)(OCCF)OCCF. The van der Waals surface area contributed by atoms with E-state index < -0.39 is 22.4 Å². The Morgan fingerprint density at radius 2 is 1.31 bits per heavy atom. The second-order valence-corrected chi connectivity index (χ2v) is 4.38. The summed E-state index contributed by atoms with van der Waals surface area (Å²) < 4.78 is 43.0. The molecule has 7 heteroatoms. The van der Waals surface area contributed by atoms with Crippen LogP contribution in [-0.2, 0) is 17.7 Å². The van der Waals surface area contributed by atoms with Gasteiger partial charge in [-0.2, -0.15) is 0 Å². The van der Waals surface area contributed by atoms with Crippen molar-refractivity contribution in [2.45, 2.75) is 0 Å². The van der Waals surface area contributed by atoms with E-state index in [4.69, 9.17) is 17.7 Å². The molecule has 0 aliphatic heterocycles. The van der Waals surface area contributed by atoms with E-state index in [1.807, 2.05) is 0 Å². The molecule has 0 saturated carbocycles. The summed E-state index contributed by atoms with van der Waals surface area (Å²) in [4.78, 5) is 0. The van der Waals surface area contributed by atoms with E-state index in [1.165, 1.54) is 14.2 Å². The van der Waals surface area contributed by atoms with Gasteiger partial charge in [-0.15, -0.1) is 0 Å². The molecule has 0 spiro atoms. The third-order valence-corrected chi connectivity index (χ3v) is 3.33.